The van der Waals surface area contributed by atoms with Gasteiger partial charge in [-0.25, -0.2) is 4.98 Å². The van der Waals surface area contributed by atoms with Crippen LogP contribution in [0.1, 0.15) is 6.92 Å². The van der Waals surface area contributed by atoms with Crippen LogP contribution in [0.25, 0.3) is 33.3 Å². The van der Waals surface area contributed by atoms with Crippen molar-refractivity contribution in [1.82, 2.24) is 20.3 Å². The number of H-pyrrole nitrogens is 1. The van der Waals surface area contributed by atoms with Crippen molar-refractivity contribution in [2.75, 3.05) is 30.3 Å². The van der Waals surface area contributed by atoms with Gasteiger partial charge in [0.15, 0.2) is 0 Å². The molecule has 3 heterocycles. The van der Waals surface area contributed by atoms with Gasteiger partial charge in [0.1, 0.15) is 5.82 Å². The van der Waals surface area contributed by atoms with Crippen molar-refractivity contribution in [2.45, 2.75) is 13.0 Å². The molecule has 5 rings (SSSR count). The van der Waals surface area contributed by atoms with Crippen molar-refractivity contribution in [2.24, 2.45) is 0 Å². The Morgan fingerprint density at radius 2 is 2.04 bits per heavy atom. The van der Waals surface area contributed by atoms with Gasteiger partial charge in [0.25, 0.3) is 0 Å². The quantitative estimate of drug-likeness (QED) is 0.513. The number of nitrogen functional groups attached to an aromatic ring is 1. The zero-order valence-corrected chi connectivity index (χ0v) is 15.2. The molecule has 0 amide bonds. The average molecular weight is 358 g/mol. The Labute approximate surface area is 157 Å². The fourth-order valence-electron chi connectivity index (χ4n) is 3.88. The molecule has 27 heavy (non-hydrogen) atoms. The summed E-state index contributed by atoms with van der Waals surface area (Å²) in [4.78, 5) is 15.2. The molecule has 1 saturated heterocycles. The predicted octanol–water partition coefficient (Wildman–Crippen LogP) is 3.16. The van der Waals surface area contributed by atoms with Crippen LogP contribution in [0, 0.1) is 0 Å². The average Bonchev–Trinajstić information content (AvgIpc) is 3.12. The van der Waals surface area contributed by atoms with Crippen molar-refractivity contribution in [3.05, 3.63) is 48.7 Å². The molecule has 6 heteroatoms. The van der Waals surface area contributed by atoms with E-state index in [0.717, 1.165) is 53.0 Å². The van der Waals surface area contributed by atoms with Crippen molar-refractivity contribution in [1.29, 1.82) is 0 Å². The number of imidazole rings is 1. The second-order valence-corrected chi connectivity index (χ2v) is 7.14. The molecular weight excluding hydrogens is 336 g/mol. The molecule has 4 N–H and O–H groups in total. The summed E-state index contributed by atoms with van der Waals surface area (Å²) < 4.78 is 0. The maximum Gasteiger partial charge on any atom is 0.142 e. The second-order valence-electron chi connectivity index (χ2n) is 7.14. The standard InChI is InChI=1S/C21H22N6/c1-13-11-23-8-9-27(13)14-6-7-18-19(10-14)26-21(25-18)16-12-24-17-5-3-2-4-15(17)20(16)22/h2-7,10,12-13,23H,8-9,11H2,1H3,(H2,22,24)(H,25,26)/t13-/m0/s1. The summed E-state index contributed by atoms with van der Waals surface area (Å²) in [5, 5.41) is 4.38. The lowest BCUT2D eigenvalue weighted by Crippen LogP contribution is -2.49. The highest BCUT2D eigenvalue weighted by Gasteiger charge is 2.19. The smallest absolute Gasteiger partial charge is 0.142 e. The van der Waals surface area contributed by atoms with Crippen LogP contribution in [0.3, 0.4) is 0 Å². The highest BCUT2D eigenvalue weighted by atomic mass is 15.2. The molecule has 0 aliphatic carbocycles. The van der Waals surface area contributed by atoms with E-state index in [9.17, 15) is 0 Å². The fourth-order valence-corrected chi connectivity index (χ4v) is 3.88. The number of aromatic nitrogens is 3. The highest BCUT2D eigenvalue weighted by Crippen LogP contribution is 2.31. The number of para-hydroxylation sites is 1. The lowest BCUT2D eigenvalue weighted by Gasteiger charge is -2.35. The summed E-state index contributed by atoms with van der Waals surface area (Å²) in [5.41, 5.74) is 12.0. The molecule has 1 fully saturated rings. The van der Waals surface area contributed by atoms with Gasteiger partial charge in [0.2, 0.25) is 0 Å². The zero-order valence-electron chi connectivity index (χ0n) is 15.2. The predicted molar refractivity (Wildman–Crippen MR) is 111 cm³/mol. The molecule has 1 aliphatic heterocycles. The minimum atomic E-state index is 0.471. The Balaban J connectivity index is 1.58. The van der Waals surface area contributed by atoms with E-state index in [4.69, 9.17) is 10.7 Å². The summed E-state index contributed by atoms with van der Waals surface area (Å²) >= 11 is 0. The van der Waals surface area contributed by atoms with Gasteiger partial charge in [-0.1, -0.05) is 18.2 Å². The van der Waals surface area contributed by atoms with Crippen LogP contribution < -0.4 is 16.0 Å². The number of nitrogens with zero attached hydrogens (tertiary/aromatic N) is 3. The summed E-state index contributed by atoms with van der Waals surface area (Å²) in [7, 11) is 0. The molecule has 2 aromatic heterocycles. The zero-order chi connectivity index (χ0) is 18.4. The summed E-state index contributed by atoms with van der Waals surface area (Å²) in [6, 6.07) is 14.8. The summed E-state index contributed by atoms with van der Waals surface area (Å²) in [5.74, 6) is 0.756. The molecule has 1 aliphatic rings. The normalized spacial score (nSPS) is 17.7. The van der Waals surface area contributed by atoms with Crippen LogP contribution in [0.15, 0.2) is 48.7 Å². The number of fused-ring (bicyclic) bond motifs is 2. The second kappa shape index (κ2) is 6.25. The topological polar surface area (TPSA) is 82.9 Å². The van der Waals surface area contributed by atoms with E-state index in [0.29, 0.717) is 11.7 Å². The number of anilines is 2. The van der Waals surface area contributed by atoms with Crippen molar-refractivity contribution >= 4 is 33.3 Å². The number of benzene rings is 2. The van der Waals surface area contributed by atoms with Gasteiger partial charge < -0.3 is 20.9 Å². The van der Waals surface area contributed by atoms with E-state index in [1.165, 1.54) is 5.69 Å². The number of aromatic amines is 1. The Morgan fingerprint density at radius 3 is 2.93 bits per heavy atom. The van der Waals surface area contributed by atoms with Crippen LogP contribution in [0.4, 0.5) is 11.4 Å². The molecule has 136 valence electrons. The third-order valence-corrected chi connectivity index (χ3v) is 5.37. The van der Waals surface area contributed by atoms with E-state index < -0.39 is 0 Å². The molecule has 0 spiro atoms. The molecule has 6 nitrogen and oxygen atoms in total. The first kappa shape index (κ1) is 16.1. The van der Waals surface area contributed by atoms with E-state index >= 15 is 0 Å². The fraction of sp³-hybridized carbons (Fsp3) is 0.238. The van der Waals surface area contributed by atoms with Crippen molar-refractivity contribution < 1.29 is 0 Å². The van der Waals surface area contributed by atoms with Gasteiger partial charge in [-0.05, 0) is 31.2 Å². The van der Waals surface area contributed by atoms with Crippen LogP contribution in [0.2, 0.25) is 0 Å². The molecule has 0 saturated carbocycles. The lowest BCUT2D eigenvalue weighted by molar-refractivity contribution is 0.501. The molecule has 2 aromatic carbocycles. The first-order chi connectivity index (χ1) is 13.2. The Bertz CT molecular complexity index is 1130. The Kier molecular flexibility index (Phi) is 3.72. The Morgan fingerprint density at radius 1 is 1.15 bits per heavy atom. The maximum atomic E-state index is 6.42. The number of nitrogens with two attached hydrogens (primary N) is 1. The van der Waals surface area contributed by atoms with Crippen LogP contribution in [-0.4, -0.2) is 40.6 Å². The first-order valence-electron chi connectivity index (χ1n) is 9.31. The highest BCUT2D eigenvalue weighted by molar-refractivity contribution is 5.97. The van der Waals surface area contributed by atoms with Gasteiger partial charge in [0, 0.05) is 42.9 Å². The number of hydrogen-bond acceptors (Lipinski definition) is 5. The molecule has 4 aromatic rings. The molecular formula is C21H22N6. The molecule has 1 atom stereocenters. The number of piperazine rings is 1. The molecule has 0 radical (unpaired) electrons. The van der Waals surface area contributed by atoms with Crippen molar-refractivity contribution in [3.8, 4) is 11.4 Å². The molecule has 0 bridgehead atoms. The van der Waals surface area contributed by atoms with Crippen LogP contribution in [-0.2, 0) is 0 Å². The van der Waals surface area contributed by atoms with Gasteiger partial charge in [-0.15, -0.1) is 0 Å². The van der Waals surface area contributed by atoms with Gasteiger partial charge in [-0.2, -0.15) is 0 Å². The maximum absolute atomic E-state index is 6.42. The van der Waals surface area contributed by atoms with Gasteiger partial charge >= 0.3 is 0 Å². The largest absolute Gasteiger partial charge is 0.398 e. The van der Waals surface area contributed by atoms with E-state index in [-0.39, 0.29) is 0 Å². The third kappa shape index (κ3) is 2.69. The number of rotatable bonds is 2. The summed E-state index contributed by atoms with van der Waals surface area (Å²) in [6.45, 7) is 5.27. The third-order valence-electron chi connectivity index (χ3n) is 5.37. The van der Waals surface area contributed by atoms with Crippen LogP contribution in [0.5, 0.6) is 0 Å². The van der Waals surface area contributed by atoms with Gasteiger partial charge in [-0.3, -0.25) is 4.98 Å². The van der Waals surface area contributed by atoms with E-state index in [1.807, 2.05) is 24.3 Å². The molecule has 0 unspecified atom stereocenters. The number of nitrogens with one attached hydrogen (secondary N) is 2. The van der Waals surface area contributed by atoms with Crippen molar-refractivity contribution in [3.63, 3.8) is 0 Å². The van der Waals surface area contributed by atoms with Gasteiger partial charge in [0.05, 0.1) is 27.8 Å². The minimum absolute atomic E-state index is 0.471. The first-order valence-corrected chi connectivity index (χ1v) is 9.31. The monoisotopic (exact) mass is 358 g/mol. The minimum Gasteiger partial charge on any atom is -0.398 e. The van der Waals surface area contributed by atoms with Crippen LogP contribution >= 0.6 is 0 Å². The van der Waals surface area contributed by atoms with E-state index in [2.05, 4.69) is 45.3 Å². The summed E-state index contributed by atoms with van der Waals surface area (Å²) in [6.07, 6.45) is 1.80. The Hall–Kier alpha value is -3.12. The SMILES string of the molecule is C[C@H]1CNCCN1c1ccc2nc(-c3cnc4ccccc4c3N)[nH]c2c1. The number of hydrogen-bond donors (Lipinski definition) is 3. The van der Waals surface area contributed by atoms with E-state index in [1.54, 1.807) is 6.20 Å². The lowest BCUT2D eigenvalue weighted by atomic mass is 10.1. The number of pyridine rings is 1.